The summed E-state index contributed by atoms with van der Waals surface area (Å²) >= 11 is 0. The molecule has 4 N–H and O–H groups in total. The molecule has 1 aromatic carbocycles. The third-order valence-electron chi connectivity index (χ3n) is 3.80. The summed E-state index contributed by atoms with van der Waals surface area (Å²) in [5.74, 6) is -0.826. The molecule has 6 heteroatoms. The van der Waals surface area contributed by atoms with Crippen molar-refractivity contribution in [2.75, 3.05) is 6.54 Å². The van der Waals surface area contributed by atoms with E-state index in [4.69, 9.17) is 5.11 Å². The van der Waals surface area contributed by atoms with Crippen LogP contribution in [-0.2, 0) is 6.54 Å². The summed E-state index contributed by atoms with van der Waals surface area (Å²) in [5, 5.41) is 23.9. The van der Waals surface area contributed by atoms with Crippen LogP contribution in [-0.4, -0.2) is 34.9 Å². The zero-order valence-electron chi connectivity index (χ0n) is 11.7. The van der Waals surface area contributed by atoms with Crippen molar-refractivity contribution in [2.45, 2.75) is 31.9 Å². The number of carboxylic acids is 1. The first-order valence-corrected chi connectivity index (χ1v) is 7.08. The molecule has 0 bridgehead atoms. The molecule has 1 aromatic rings. The van der Waals surface area contributed by atoms with E-state index in [1.165, 1.54) is 12.1 Å². The van der Waals surface area contributed by atoms with Crippen molar-refractivity contribution in [2.24, 2.45) is 5.92 Å². The number of carbonyl (C=O) groups is 2. The molecule has 21 heavy (non-hydrogen) atoms. The average molecular weight is 292 g/mol. The topological polar surface area (TPSA) is 98.7 Å². The van der Waals surface area contributed by atoms with Crippen LogP contribution in [0, 0.1) is 5.92 Å². The Kier molecular flexibility index (Phi) is 5.16. The molecular formula is C15H20N2O4. The SMILES string of the molecule is O=C(NCc1ccc(C(=O)O)cc1)NC[C@H]1CCC[C@@H]1O. The minimum absolute atomic E-state index is 0.144. The Morgan fingerprint density at radius 3 is 2.43 bits per heavy atom. The normalized spacial score (nSPS) is 21.0. The zero-order valence-corrected chi connectivity index (χ0v) is 11.7. The Bertz CT molecular complexity index is 501. The average Bonchev–Trinajstić information content (AvgIpc) is 2.88. The predicted molar refractivity (Wildman–Crippen MR) is 77.0 cm³/mol. The first kappa shape index (κ1) is 15.3. The van der Waals surface area contributed by atoms with Crippen LogP contribution in [0.4, 0.5) is 4.79 Å². The van der Waals surface area contributed by atoms with E-state index in [2.05, 4.69) is 10.6 Å². The van der Waals surface area contributed by atoms with Gasteiger partial charge in [-0.3, -0.25) is 0 Å². The van der Waals surface area contributed by atoms with Crippen LogP contribution in [0.1, 0.15) is 35.2 Å². The Morgan fingerprint density at radius 1 is 1.14 bits per heavy atom. The van der Waals surface area contributed by atoms with E-state index in [1.807, 2.05) is 0 Å². The number of hydrogen-bond donors (Lipinski definition) is 4. The number of urea groups is 1. The summed E-state index contributed by atoms with van der Waals surface area (Å²) in [4.78, 5) is 22.4. The van der Waals surface area contributed by atoms with E-state index in [9.17, 15) is 14.7 Å². The smallest absolute Gasteiger partial charge is 0.335 e. The number of nitrogens with one attached hydrogen (secondary N) is 2. The van der Waals surface area contributed by atoms with Gasteiger partial charge in [-0.25, -0.2) is 9.59 Å². The second-order valence-electron chi connectivity index (χ2n) is 5.32. The Labute approximate surface area is 123 Å². The van der Waals surface area contributed by atoms with Gasteiger partial charge in [0, 0.05) is 19.0 Å². The predicted octanol–water partition coefficient (Wildman–Crippen LogP) is 1.35. The molecule has 0 radical (unpaired) electrons. The minimum Gasteiger partial charge on any atom is -0.478 e. The number of rotatable bonds is 5. The molecule has 0 aromatic heterocycles. The van der Waals surface area contributed by atoms with Crippen LogP contribution in [0.5, 0.6) is 0 Å². The first-order valence-electron chi connectivity index (χ1n) is 7.08. The number of hydrogen-bond acceptors (Lipinski definition) is 3. The van der Waals surface area contributed by atoms with Crippen molar-refractivity contribution in [1.29, 1.82) is 0 Å². The molecule has 1 saturated carbocycles. The largest absolute Gasteiger partial charge is 0.478 e. The van der Waals surface area contributed by atoms with Gasteiger partial charge in [0.05, 0.1) is 11.7 Å². The summed E-state index contributed by atoms with van der Waals surface area (Å²) in [7, 11) is 0. The fourth-order valence-corrected chi connectivity index (χ4v) is 2.49. The van der Waals surface area contributed by atoms with Crippen molar-refractivity contribution in [3.05, 3.63) is 35.4 Å². The van der Waals surface area contributed by atoms with Crippen molar-refractivity contribution in [3.63, 3.8) is 0 Å². The van der Waals surface area contributed by atoms with Crippen molar-refractivity contribution in [1.82, 2.24) is 10.6 Å². The van der Waals surface area contributed by atoms with E-state index in [0.717, 1.165) is 24.8 Å². The van der Waals surface area contributed by atoms with Gasteiger partial charge in [-0.2, -0.15) is 0 Å². The fourth-order valence-electron chi connectivity index (χ4n) is 2.49. The van der Waals surface area contributed by atoms with Crippen molar-refractivity contribution < 1.29 is 19.8 Å². The molecule has 2 rings (SSSR count). The molecule has 0 heterocycles. The highest BCUT2D eigenvalue weighted by atomic mass is 16.4. The van der Waals surface area contributed by atoms with Crippen molar-refractivity contribution in [3.8, 4) is 0 Å². The van der Waals surface area contributed by atoms with Crippen LogP contribution in [0.3, 0.4) is 0 Å². The standard InChI is InChI=1S/C15H20N2O4/c18-13-3-1-2-12(13)9-17-15(21)16-8-10-4-6-11(7-5-10)14(19)20/h4-7,12-13,18H,1-3,8-9H2,(H,19,20)(H2,16,17,21)/t12-,13+/m1/s1. The maximum Gasteiger partial charge on any atom is 0.335 e. The molecule has 6 nitrogen and oxygen atoms in total. The molecule has 0 spiro atoms. The van der Waals surface area contributed by atoms with Gasteiger partial charge in [-0.05, 0) is 30.5 Å². The van der Waals surface area contributed by atoms with Crippen LogP contribution in [0.15, 0.2) is 24.3 Å². The summed E-state index contributed by atoms with van der Waals surface area (Å²) in [6, 6.07) is 6.07. The van der Waals surface area contributed by atoms with Gasteiger partial charge in [0.1, 0.15) is 0 Å². The Hall–Kier alpha value is -2.08. The van der Waals surface area contributed by atoms with E-state index in [0.29, 0.717) is 13.1 Å². The van der Waals surface area contributed by atoms with Gasteiger partial charge in [0.15, 0.2) is 0 Å². The monoisotopic (exact) mass is 292 g/mol. The molecule has 0 unspecified atom stereocenters. The van der Waals surface area contributed by atoms with Crippen LogP contribution >= 0.6 is 0 Å². The van der Waals surface area contributed by atoms with E-state index >= 15 is 0 Å². The second-order valence-corrected chi connectivity index (χ2v) is 5.32. The first-order chi connectivity index (χ1) is 10.1. The third kappa shape index (κ3) is 4.46. The van der Waals surface area contributed by atoms with E-state index in [1.54, 1.807) is 12.1 Å². The van der Waals surface area contributed by atoms with E-state index < -0.39 is 5.97 Å². The van der Waals surface area contributed by atoms with E-state index in [-0.39, 0.29) is 23.6 Å². The van der Waals surface area contributed by atoms with Gasteiger partial charge in [0.2, 0.25) is 0 Å². The lowest BCUT2D eigenvalue weighted by molar-refractivity contribution is 0.0696. The lowest BCUT2D eigenvalue weighted by atomic mass is 10.1. The van der Waals surface area contributed by atoms with Crippen LogP contribution in [0.2, 0.25) is 0 Å². The molecule has 114 valence electrons. The summed E-state index contributed by atoms with van der Waals surface area (Å²) in [5.41, 5.74) is 1.05. The summed E-state index contributed by atoms with van der Waals surface area (Å²) in [6.07, 6.45) is 2.45. The van der Waals surface area contributed by atoms with Crippen LogP contribution in [0.25, 0.3) is 0 Å². The number of aliphatic hydroxyl groups is 1. The molecule has 1 aliphatic carbocycles. The van der Waals surface area contributed by atoms with Crippen LogP contribution < -0.4 is 10.6 Å². The quantitative estimate of drug-likeness (QED) is 0.658. The number of carbonyl (C=O) groups excluding carboxylic acids is 1. The number of amides is 2. The Morgan fingerprint density at radius 2 is 1.86 bits per heavy atom. The van der Waals surface area contributed by atoms with Gasteiger partial charge in [-0.1, -0.05) is 18.6 Å². The Balaban J connectivity index is 1.72. The lowest BCUT2D eigenvalue weighted by Gasteiger charge is -2.15. The molecule has 0 saturated heterocycles. The summed E-state index contributed by atoms with van der Waals surface area (Å²) in [6.45, 7) is 0.809. The summed E-state index contributed by atoms with van der Waals surface area (Å²) < 4.78 is 0. The maximum absolute atomic E-state index is 11.7. The van der Waals surface area contributed by atoms with Gasteiger partial charge in [-0.15, -0.1) is 0 Å². The highest BCUT2D eigenvalue weighted by Crippen LogP contribution is 2.24. The maximum atomic E-state index is 11.7. The molecule has 1 fully saturated rings. The molecule has 2 amide bonds. The van der Waals surface area contributed by atoms with Gasteiger partial charge in [0.25, 0.3) is 0 Å². The molecule has 1 aliphatic rings. The lowest BCUT2D eigenvalue weighted by Crippen LogP contribution is -2.39. The number of aliphatic hydroxyl groups excluding tert-OH is 1. The molecule has 2 atom stereocenters. The number of aromatic carboxylic acids is 1. The highest BCUT2D eigenvalue weighted by molar-refractivity contribution is 5.87. The van der Waals surface area contributed by atoms with Gasteiger partial charge < -0.3 is 20.8 Å². The fraction of sp³-hybridized carbons (Fsp3) is 0.467. The molecular weight excluding hydrogens is 272 g/mol. The minimum atomic E-state index is -0.970. The highest BCUT2D eigenvalue weighted by Gasteiger charge is 2.25. The van der Waals surface area contributed by atoms with Gasteiger partial charge >= 0.3 is 12.0 Å². The number of benzene rings is 1. The van der Waals surface area contributed by atoms with Crippen molar-refractivity contribution >= 4 is 12.0 Å². The zero-order chi connectivity index (χ0) is 15.2. The third-order valence-corrected chi connectivity index (χ3v) is 3.80. The molecule has 0 aliphatic heterocycles. The second kappa shape index (κ2) is 7.08. The number of carboxylic acid groups (broad SMARTS) is 1.